The summed E-state index contributed by atoms with van der Waals surface area (Å²) >= 11 is 0. The van der Waals surface area contributed by atoms with Gasteiger partial charge >= 0.3 is 0 Å². The molecule has 1 aromatic rings. The largest absolute Gasteiger partial charge is 0.357 e. The van der Waals surface area contributed by atoms with Gasteiger partial charge in [0.2, 0.25) is 15.9 Å². The van der Waals surface area contributed by atoms with Crippen LogP contribution in [0.25, 0.3) is 0 Å². The number of nitrogens with one attached hydrogen (secondary N) is 1. The summed E-state index contributed by atoms with van der Waals surface area (Å²) < 4.78 is 27.5. The molecule has 3 heterocycles. The van der Waals surface area contributed by atoms with Gasteiger partial charge in [0.25, 0.3) is 0 Å². The summed E-state index contributed by atoms with van der Waals surface area (Å²) in [7, 11) is -3.72. The van der Waals surface area contributed by atoms with Gasteiger partial charge in [0.05, 0.1) is 6.54 Å². The lowest BCUT2D eigenvalue weighted by molar-refractivity contribution is -0.124. The number of hydrogen-bond donors (Lipinski definition) is 1. The second kappa shape index (κ2) is 7.75. The summed E-state index contributed by atoms with van der Waals surface area (Å²) in [6.45, 7) is 2.18. The molecule has 7 nitrogen and oxygen atoms in total. The van der Waals surface area contributed by atoms with Gasteiger partial charge in [0, 0.05) is 31.9 Å². The van der Waals surface area contributed by atoms with E-state index < -0.39 is 10.0 Å². The van der Waals surface area contributed by atoms with Crippen LogP contribution in [0.4, 0.5) is 5.82 Å². The van der Waals surface area contributed by atoms with Gasteiger partial charge in [-0.25, -0.2) is 13.4 Å². The highest BCUT2D eigenvalue weighted by Crippen LogP contribution is 2.29. The molecule has 0 bridgehead atoms. The van der Waals surface area contributed by atoms with Crippen LogP contribution in [0.3, 0.4) is 0 Å². The maximum absolute atomic E-state index is 13.1. The topological polar surface area (TPSA) is 82.6 Å². The molecule has 8 heteroatoms. The molecule has 2 aliphatic heterocycles. The molecule has 0 radical (unpaired) electrons. The van der Waals surface area contributed by atoms with Gasteiger partial charge in [-0.05, 0) is 43.7 Å². The molecule has 1 atom stereocenters. The lowest BCUT2D eigenvalue weighted by atomic mass is 9.83. The number of carbonyl (C=O) groups is 1. The molecule has 0 spiro atoms. The summed E-state index contributed by atoms with van der Waals surface area (Å²) in [6, 6.07) is 3.32. The van der Waals surface area contributed by atoms with E-state index in [4.69, 9.17) is 0 Å². The minimum atomic E-state index is -3.72. The van der Waals surface area contributed by atoms with Crippen molar-refractivity contribution >= 4 is 21.7 Å². The molecule has 0 unspecified atom stereocenters. The van der Waals surface area contributed by atoms with E-state index in [-0.39, 0.29) is 23.4 Å². The Morgan fingerprint density at radius 3 is 2.44 bits per heavy atom. The van der Waals surface area contributed by atoms with E-state index in [1.165, 1.54) is 16.9 Å². The average Bonchev–Trinajstić information content (AvgIpc) is 3.23. The van der Waals surface area contributed by atoms with E-state index in [1.54, 1.807) is 12.1 Å². The van der Waals surface area contributed by atoms with Crippen LogP contribution in [0.5, 0.6) is 0 Å². The van der Waals surface area contributed by atoms with Gasteiger partial charge in [0.1, 0.15) is 10.7 Å². The number of anilines is 1. The van der Waals surface area contributed by atoms with Crippen LogP contribution in [-0.4, -0.2) is 55.8 Å². The number of aromatic nitrogens is 1. The number of carbonyl (C=O) groups excluding carboxylic acids is 1. The molecule has 3 fully saturated rings. The predicted molar refractivity (Wildman–Crippen MR) is 103 cm³/mol. The molecule has 148 valence electrons. The van der Waals surface area contributed by atoms with Crippen molar-refractivity contribution in [2.45, 2.75) is 55.9 Å². The highest BCUT2D eigenvalue weighted by atomic mass is 32.2. The maximum atomic E-state index is 13.1. The van der Waals surface area contributed by atoms with Gasteiger partial charge in [-0.1, -0.05) is 19.3 Å². The van der Waals surface area contributed by atoms with E-state index in [0.29, 0.717) is 12.5 Å². The Morgan fingerprint density at radius 1 is 1.04 bits per heavy atom. The maximum Gasteiger partial charge on any atom is 0.245 e. The lowest BCUT2D eigenvalue weighted by Crippen LogP contribution is -2.58. The molecular weight excluding hydrogens is 364 g/mol. The Hall–Kier alpha value is -1.67. The van der Waals surface area contributed by atoms with Crippen molar-refractivity contribution in [3.8, 4) is 0 Å². The Kier molecular flexibility index (Phi) is 5.36. The van der Waals surface area contributed by atoms with Crippen LogP contribution in [0.15, 0.2) is 23.2 Å². The standard InChI is InChI=1S/C19H28N4O3S/c24-19-14-23(13-17(21-19)15-6-2-1-3-7-15)27(25,26)16-8-9-18(20-12-16)22-10-4-5-11-22/h8-9,12,15,17H,1-7,10-11,13-14H2,(H,21,24)/t17-/m0/s1. The fraction of sp³-hybridized carbons (Fsp3) is 0.684. The smallest absolute Gasteiger partial charge is 0.245 e. The van der Waals surface area contributed by atoms with E-state index in [1.807, 2.05) is 0 Å². The molecule has 0 aromatic carbocycles. The number of sulfonamides is 1. The minimum absolute atomic E-state index is 0.0850. The highest BCUT2D eigenvalue weighted by Gasteiger charge is 2.37. The van der Waals surface area contributed by atoms with Gasteiger partial charge in [-0.15, -0.1) is 0 Å². The van der Waals surface area contributed by atoms with Crippen molar-refractivity contribution in [3.63, 3.8) is 0 Å². The van der Waals surface area contributed by atoms with E-state index >= 15 is 0 Å². The number of piperazine rings is 1. The fourth-order valence-electron chi connectivity index (χ4n) is 4.54. The zero-order valence-corrected chi connectivity index (χ0v) is 16.5. The molecular formula is C19H28N4O3S. The molecule has 1 aliphatic carbocycles. The first-order valence-electron chi connectivity index (χ1n) is 10.0. The zero-order chi connectivity index (χ0) is 18.9. The third-order valence-corrected chi connectivity index (χ3v) is 7.87. The second-order valence-corrected chi connectivity index (χ2v) is 9.85. The van der Waals surface area contributed by atoms with Gasteiger partial charge in [-0.3, -0.25) is 4.79 Å². The number of amides is 1. The summed E-state index contributed by atoms with van der Waals surface area (Å²) in [5.41, 5.74) is 0. The summed E-state index contributed by atoms with van der Waals surface area (Å²) in [5, 5.41) is 3.02. The van der Waals surface area contributed by atoms with Crippen LogP contribution in [-0.2, 0) is 14.8 Å². The number of hydrogen-bond acceptors (Lipinski definition) is 5. The van der Waals surface area contributed by atoms with Gasteiger partial charge in [-0.2, -0.15) is 4.31 Å². The minimum Gasteiger partial charge on any atom is -0.357 e. The van der Waals surface area contributed by atoms with Crippen LogP contribution < -0.4 is 10.2 Å². The van der Waals surface area contributed by atoms with E-state index in [9.17, 15) is 13.2 Å². The Morgan fingerprint density at radius 2 is 1.78 bits per heavy atom. The van der Waals surface area contributed by atoms with Crippen LogP contribution in [0.2, 0.25) is 0 Å². The third kappa shape index (κ3) is 3.96. The predicted octanol–water partition coefficient (Wildman–Crippen LogP) is 1.75. The molecule has 1 N–H and O–H groups in total. The van der Waals surface area contributed by atoms with Gasteiger partial charge in [0.15, 0.2) is 0 Å². The first kappa shape index (κ1) is 18.7. The zero-order valence-electron chi connectivity index (χ0n) is 15.6. The number of nitrogens with zero attached hydrogens (tertiary/aromatic N) is 3. The van der Waals surface area contributed by atoms with Crippen molar-refractivity contribution in [2.75, 3.05) is 31.1 Å². The Balaban J connectivity index is 1.50. The molecule has 3 aliphatic rings. The first-order chi connectivity index (χ1) is 13.0. The second-order valence-electron chi connectivity index (χ2n) is 7.92. The number of rotatable bonds is 4. The van der Waals surface area contributed by atoms with Crippen molar-refractivity contribution in [1.82, 2.24) is 14.6 Å². The monoisotopic (exact) mass is 392 g/mol. The van der Waals surface area contributed by atoms with Crippen LogP contribution >= 0.6 is 0 Å². The van der Waals surface area contributed by atoms with Crippen LogP contribution in [0, 0.1) is 5.92 Å². The van der Waals surface area contributed by atoms with Crippen molar-refractivity contribution in [1.29, 1.82) is 0 Å². The first-order valence-corrected chi connectivity index (χ1v) is 11.5. The highest BCUT2D eigenvalue weighted by molar-refractivity contribution is 7.89. The molecule has 27 heavy (non-hydrogen) atoms. The Labute approximate surface area is 161 Å². The van der Waals surface area contributed by atoms with Crippen LogP contribution in [0.1, 0.15) is 44.9 Å². The fourth-order valence-corrected chi connectivity index (χ4v) is 5.90. The Bertz CT molecular complexity index is 769. The molecule has 1 saturated carbocycles. The summed E-state index contributed by atoms with van der Waals surface area (Å²) in [4.78, 5) is 18.9. The van der Waals surface area contributed by atoms with Crippen molar-refractivity contribution < 1.29 is 13.2 Å². The molecule has 2 saturated heterocycles. The average molecular weight is 393 g/mol. The third-order valence-electron chi connectivity index (χ3n) is 6.07. The summed E-state index contributed by atoms with van der Waals surface area (Å²) in [6.07, 6.45) is 9.40. The lowest BCUT2D eigenvalue weighted by Gasteiger charge is -2.38. The summed E-state index contributed by atoms with van der Waals surface area (Å²) in [5.74, 6) is 0.987. The van der Waals surface area contributed by atoms with Crippen molar-refractivity contribution in [2.24, 2.45) is 5.92 Å². The van der Waals surface area contributed by atoms with Crippen molar-refractivity contribution in [3.05, 3.63) is 18.3 Å². The van der Waals surface area contributed by atoms with E-state index in [0.717, 1.165) is 57.4 Å². The van der Waals surface area contributed by atoms with Gasteiger partial charge < -0.3 is 10.2 Å². The molecule has 4 rings (SSSR count). The normalized spacial score (nSPS) is 25.6. The molecule has 1 amide bonds. The van der Waals surface area contributed by atoms with E-state index in [2.05, 4.69) is 15.2 Å². The molecule has 1 aromatic heterocycles. The quantitative estimate of drug-likeness (QED) is 0.844. The SMILES string of the molecule is O=C1CN(S(=O)(=O)c2ccc(N3CCCC3)nc2)C[C@@H](C2CCCCC2)N1. The number of pyridine rings is 1.